The summed E-state index contributed by atoms with van der Waals surface area (Å²) in [5, 5.41) is 0. The molecule has 0 amide bonds. The van der Waals surface area contributed by atoms with Gasteiger partial charge in [0, 0.05) is 6.61 Å². The zero-order chi connectivity index (χ0) is 12.1. The second kappa shape index (κ2) is 5.77. The minimum atomic E-state index is -0.554. The molecule has 1 atom stereocenters. The molecule has 1 aromatic carbocycles. The molecule has 2 rings (SSSR count). The van der Waals surface area contributed by atoms with E-state index in [2.05, 4.69) is 0 Å². The van der Waals surface area contributed by atoms with Gasteiger partial charge < -0.3 is 9.47 Å². The van der Waals surface area contributed by atoms with E-state index in [4.69, 9.17) is 9.47 Å². The van der Waals surface area contributed by atoms with Gasteiger partial charge >= 0.3 is 0 Å². The van der Waals surface area contributed by atoms with Gasteiger partial charge in [-0.1, -0.05) is 6.07 Å². The summed E-state index contributed by atoms with van der Waals surface area (Å²) in [5.74, 6) is -0.267. The highest BCUT2D eigenvalue weighted by Crippen LogP contribution is 2.21. The summed E-state index contributed by atoms with van der Waals surface area (Å²) in [7, 11) is 0. The number of ether oxygens (including phenoxy) is 2. The number of carbonyl (C=O) groups is 1. The molecule has 0 aromatic heterocycles. The molecule has 4 heteroatoms. The first-order chi connectivity index (χ1) is 8.31. The standard InChI is InChI=1S/C13H15FO3/c14-12-5-3-6-13(11(12)8-15)17-9-10-4-1-2-7-16-10/h3,5-6,8,10H,1-2,4,7,9H2. The summed E-state index contributed by atoms with van der Waals surface area (Å²) in [6, 6.07) is 4.36. The lowest BCUT2D eigenvalue weighted by molar-refractivity contribution is -0.0112. The molecule has 0 bridgehead atoms. The van der Waals surface area contributed by atoms with Crippen LogP contribution in [0.4, 0.5) is 4.39 Å². The highest BCUT2D eigenvalue weighted by atomic mass is 19.1. The summed E-state index contributed by atoms with van der Waals surface area (Å²) in [6.45, 7) is 1.11. The quantitative estimate of drug-likeness (QED) is 0.756. The predicted octanol–water partition coefficient (Wildman–Crippen LogP) is 2.59. The molecule has 92 valence electrons. The van der Waals surface area contributed by atoms with E-state index >= 15 is 0 Å². The Labute approximate surface area is 99.5 Å². The van der Waals surface area contributed by atoms with Crippen molar-refractivity contribution in [1.29, 1.82) is 0 Å². The van der Waals surface area contributed by atoms with Crippen LogP contribution in [0, 0.1) is 5.82 Å². The summed E-state index contributed by atoms with van der Waals surface area (Å²) < 4.78 is 24.2. The summed E-state index contributed by atoms with van der Waals surface area (Å²) in [5.41, 5.74) is -0.0247. The van der Waals surface area contributed by atoms with Gasteiger partial charge in [0.2, 0.25) is 0 Å². The lowest BCUT2D eigenvalue weighted by atomic mass is 10.1. The first-order valence-corrected chi connectivity index (χ1v) is 5.79. The van der Waals surface area contributed by atoms with Crippen LogP contribution >= 0.6 is 0 Å². The van der Waals surface area contributed by atoms with Gasteiger partial charge in [0.1, 0.15) is 18.2 Å². The van der Waals surface area contributed by atoms with Crippen LogP contribution in [0.15, 0.2) is 18.2 Å². The van der Waals surface area contributed by atoms with Gasteiger partial charge in [-0.25, -0.2) is 4.39 Å². The largest absolute Gasteiger partial charge is 0.490 e. The van der Waals surface area contributed by atoms with Crippen LogP contribution in [0.3, 0.4) is 0 Å². The molecule has 1 unspecified atom stereocenters. The second-order valence-electron chi connectivity index (χ2n) is 4.07. The summed E-state index contributed by atoms with van der Waals surface area (Å²) in [4.78, 5) is 10.7. The van der Waals surface area contributed by atoms with Gasteiger partial charge in [0.15, 0.2) is 6.29 Å². The third-order valence-electron chi connectivity index (χ3n) is 2.83. The van der Waals surface area contributed by atoms with Gasteiger partial charge in [-0.2, -0.15) is 0 Å². The fraction of sp³-hybridized carbons (Fsp3) is 0.462. The number of halogens is 1. The van der Waals surface area contributed by atoms with Gasteiger partial charge in [-0.3, -0.25) is 4.79 Å². The minimum absolute atomic E-state index is 0.0247. The van der Waals surface area contributed by atoms with Crippen molar-refractivity contribution < 1.29 is 18.7 Å². The van der Waals surface area contributed by atoms with Crippen LogP contribution < -0.4 is 4.74 Å². The van der Waals surface area contributed by atoms with Crippen LogP contribution in [0.5, 0.6) is 5.75 Å². The molecule has 1 aliphatic rings. The number of hydrogen-bond acceptors (Lipinski definition) is 3. The molecule has 0 aliphatic carbocycles. The van der Waals surface area contributed by atoms with Crippen molar-refractivity contribution in [3.05, 3.63) is 29.6 Å². The van der Waals surface area contributed by atoms with Crippen molar-refractivity contribution in [2.24, 2.45) is 0 Å². The van der Waals surface area contributed by atoms with E-state index in [0.717, 1.165) is 25.9 Å². The van der Waals surface area contributed by atoms with Crippen molar-refractivity contribution in [2.75, 3.05) is 13.2 Å². The number of aldehydes is 1. The van der Waals surface area contributed by atoms with Gasteiger partial charge in [-0.15, -0.1) is 0 Å². The summed E-state index contributed by atoms with van der Waals surface area (Å²) in [6.07, 6.45) is 3.68. The van der Waals surface area contributed by atoms with E-state index < -0.39 is 5.82 Å². The molecule has 1 heterocycles. The Kier molecular flexibility index (Phi) is 4.09. The van der Waals surface area contributed by atoms with Crippen LogP contribution in [0.25, 0.3) is 0 Å². The van der Waals surface area contributed by atoms with Crippen LogP contribution in [0.1, 0.15) is 29.6 Å². The van der Waals surface area contributed by atoms with Crippen molar-refractivity contribution in [3.63, 3.8) is 0 Å². The third-order valence-corrected chi connectivity index (χ3v) is 2.83. The average molecular weight is 238 g/mol. The Morgan fingerprint density at radius 3 is 3.06 bits per heavy atom. The molecular formula is C13H15FO3. The highest BCUT2D eigenvalue weighted by molar-refractivity contribution is 5.79. The zero-order valence-corrected chi connectivity index (χ0v) is 9.52. The molecule has 1 aromatic rings. The maximum atomic E-state index is 13.3. The Bertz CT molecular complexity index is 386. The van der Waals surface area contributed by atoms with Crippen LogP contribution in [-0.4, -0.2) is 25.6 Å². The fourth-order valence-corrected chi connectivity index (χ4v) is 1.88. The average Bonchev–Trinajstić information content (AvgIpc) is 2.37. The Morgan fingerprint density at radius 1 is 1.47 bits per heavy atom. The lowest BCUT2D eigenvalue weighted by Gasteiger charge is -2.22. The molecule has 1 saturated heterocycles. The minimum Gasteiger partial charge on any atom is -0.490 e. The van der Waals surface area contributed by atoms with E-state index in [0.29, 0.717) is 12.9 Å². The van der Waals surface area contributed by atoms with E-state index in [1.807, 2.05) is 0 Å². The second-order valence-corrected chi connectivity index (χ2v) is 4.07. The molecule has 3 nitrogen and oxygen atoms in total. The van der Waals surface area contributed by atoms with Gasteiger partial charge in [0.25, 0.3) is 0 Å². The van der Waals surface area contributed by atoms with Crippen LogP contribution in [0.2, 0.25) is 0 Å². The van der Waals surface area contributed by atoms with E-state index in [-0.39, 0.29) is 17.4 Å². The Hall–Kier alpha value is -1.42. The molecular weight excluding hydrogens is 223 g/mol. The normalized spacial score (nSPS) is 19.9. The number of rotatable bonds is 4. The molecule has 17 heavy (non-hydrogen) atoms. The molecule has 0 radical (unpaired) electrons. The van der Waals surface area contributed by atoms with Crippen molar-refractivity contribution in [3.8, 4) is 5.75 Å². The van der Waals surface area contributed by atoms with Crippen LogP contribution in [-0.2, 0) is 4.74 Å². The molecule has 0 N–H and O–H groups in total. The zero-order valence-electron chi connectivity index (χ0n) is 9.52. The number of carbonyl (C=O) groups excluding carboxylic acids is 1. The topological polar surface area (TPSA) is 35.5 Å². The van der Waals surface area contributed by atoms with E-state index in [1.165, 1.54) is 12.1 Å². The predicted molar refractivity (Wildman–Crippen MR) is 60.9 cm³/mol. The maximum Gasteiger partial charge on any atom is 0.156 e. The van der Waals surface area contributed by atoms with Crippen molar-refractivity contribution >= 4 is 6.29 Å². The monoisotopic (exact) mass is 238 g/mol. The number of hydrogen-bond donors (Lipinski definition) is 0. The SMILES string of the molecule is O=Cc1c(F)cccc1OCC1CCCCO1. The smallest absolute Gasteiger partial charge is 0.156 e. The van der Waals surface area contributed by atoms with Crippen molar-refractivity contribution in [1.82, 2.24) is 0 Å². The molecule has 1 aliphatic heterocycles. The first kappa shape index (κ1) is 12.0. The lowest BCUT2D eigenvalue weighted by Crippen LogP contribution is -2.26. The third kappa shape index (κ3) is 3.03. The van der Waals surface area contributed by atoms with Gasteiger partial charge in [-0.05, 0) is 31.4 Å². The van der Waals surface area contributed by atoms with Gasteiger partial charge in [0.05, 0.1) is 11.7 Å². The van der Waals surface area contributed by atoms with E-state index in [1.54, 1.807) is 6.07 Å². The molecule has 0 spiro atoms. The Balaban J connectivity index is 1.98. The highest BCUT2D eigenvalue weighted by Gasteiger charge is 2.16. The molecule has 1 fully saturated rings. The maximum absolute atomic E-state index is 13.3. The summed E-state index contributed by atoms with van der Waals surface area (Å²) >= 11 is 0. The van der Waals surface area contributed by atoms with Crippen molar-refractivity contribution in [2.45, 2.75) is 25.4 Å². The first-order valence-electron chi connectivity index (χ1n) is 5.79. The number of benzene rings is 1. The van der Waals surface area contributed by atoms with E-state index in [9.17, 15) is 9.18 Å². The molecule has 0 saturated carbocycles. The Morgan fingerprint density at radius 2 is 2.35 bits per heavy atom. The fourth-order valence-electron chi connectivity index (χ4n) is 1.88.